The van der Waals surface area contributed by atoms with Crippen LogP contribution < -0.4 is 11.5 Å². The van der Waals surface area contributed by atoms with E-state index in [0.29, 0.717) is 13.1 Å². The van der Waals surface area contributed by atoms with Gasteiger partial charge in [-0.25, -0.2) is 0 Å². The summed E-state index contributed by atoms with van der Waals surface area (Å²) in [5.41, 5.74) is 10.7. The Bertz CT molecular complexity index is 526. The zero-order valence-corrected chi connectivity index (χ0v) is 17.8. The molecule has 10 N–H and O–H groups in total. The average Bonchev–Trinajstić information content (AvgIpc) is 2.53. The number of aliphatic carboxylic acids is 4. The number of aryl methyl sites for hydroxylation is 1. The number of hydrogen-bond acceptors (Lipinski definition) is 8. The fraction of sp³-hybridized carbons (Fsp3) is 0.444. The number of aromatic hydroxyl groups is 2. The highest BCUT2D eigenvalue weighted by molar-refractivity contribution is 5.63. The van der Waals surface area contributed by atoms with Crippen molar-refractivity contribution in [2.75, 3.05) is 13.1 Å². The summed E-state index contributed by atoms with van der Waals surface area (Å²) in [5.74, 6) is -3.06. The molecule has 1 aromatic rings. The van der Waals surface area contributed by atoms with E-state index in [2.05, 4.69) is 0 Å². The molecule has 30 heavy (non-hydrogen) atoms. The van der Waals surface area contributed by atoms with Crippen LogP contribution in [0.15, 0.2) is 18.2 Å². The van der Waals surface area contributed by atoms with Gasteiger partial charge in [0.25, 0.3) is 23.9 Å². The molecule has 0 bridgehead atoms. The number of hydrogen-bond donors (Lipinski definition) is 8. The van der Waals surface area contributed by atoms with E-state index in [4.69, 9.17) is 61.3 Å². The van der Waals surface area contributed by atoms with Crippen LogP contribution in [0.1, 0.15) is 40.2 Å². The van der Waals surface area contributed by atoms with Gasteiger partial charge >= 0.3 is 0 Å². The Morgan fingerprint density at radius 2 is 1.00 bits per heavy atom. The number of carboxylic acid groups (broad SMARTS) is 4. The van der Waals surface area contributed by atoms with Crippen LogP contribution >= 0.6 is 0 Å². The first-order chi connectivity index (χ1) is 13.6. The smallest absolute Gasteiger partial charge is 0.300 e. The minimum atomic E-state index is -0.833. The summed E-state index contributed by atoms with van der Waals surface area (Å²) in [6.07, 6.45) is 0.784. The zero-order chi connectivity index (χ0) is 25.3. The summed E-state index contributed by atoms with van der Waals surface area (Å²) in [5, 5.41) is 47.7. The normalized spacial score (nSPS) is 7.57. The summed E-state index contributed by atoms with van der Waals surface area (Å²) in [6, 6.07) is 4.63. The van der Waals surface area contributed by atoms with Crippen molar-refractivity contribution in [3.63, 3.8) is 0 Å². The van der Waals surface area contributed by atoms with E-state index < -0.39 is 23.9 Å². The lowest BCUT2D eigenvalue weighted by molar-refractivity contribution is -0.135. The van der Waals surface area contributed by atoms with Gasteiger partial charge in [0.15, 0.2) is 0 Å². The van der Waals surface area contributed by atoms with Crippen molar-refractivity contribution in [2.45, 2.75) is 41.0 Å². The maximum absolute atomic E-state index is 9.13. The molecule has 0 atom stereocenters. The van der Waals surface area contributed by atoms with E-state index in [1.165, 1.54) is 6.07 Å². The first-order valence-corrected chi connectivity index (χ1v) is 8.27. The van der Waals surface area contributed by atoms with E-state index in [0.717, 1.165) is 39.7 Å². The predicted octanol–water partition coefficient (Wildman–Crippen LogP) is 0.928. The Hall–Kier alpha value is -3.38. The third-order valence-electron chi connectivity index (χ3n) is 1.62. The SMILES string of the molecule is CC(=O)O.CC(=O)O.CC(=O)O.CC(=O)O.CCc1ccc(O)cc1O.NCCN. The van der Waals surface area contributed by atoms with Gasteiger partial charge in [0.1, 0.15) is 11.5 Å². The summed E-state index contributed by atoms with van der Waals surface area (Å²) >= 11 is 0. The van der Waals surface area contributed by atoms with E-state index in [-0.39, 0.29) is 11.5 Å². The van der Waals surface area contributed by atoms with Gasteiger partial charge < -0.3 is 42.1 Å². The van der Waals surface area contributed by atoms with Crippen LogP contribution in [0, 0.1) is 0 Å². The molecule has 0 amide bonds. The van der Waals surface area contributed by atoms with Gasteiger partial charge in [-0.05, 0) is 18.1 Å². The van der Waals surface area contributed by atoms with Crippen LogP contribution in [-0.4, -0.2) is 67.6 Å². The molecule has 12 heteroatoms. The van der Waals surface area contributed by atoms with Crippen LogP contribution in [0.4, 0.5) is 0 Å². The molecule has 176 valence electrons. The maximum atomic E-state index is 9.13. The van der Waals surface area contributed by atoms with Crippen LogP contribution in [0.5, 0.6) is 11.5 Å². The molecule has 0 fully saturated rings. The van der Waals surface area contributed by atoms with E-state index >= 15 is 0 Å². The molecule has 1 rings (SSSR count). The minimum Gasteiger partial charge on any atom is -0.508 e. The van der Waals surface area contributed by atoms with Crippen LogP contribution in [0.25, 0.3) is 0 Å². The van der Waals surface area contributed by atoms with Crippen molar-refractivity contribution in [1.29, 1.82) is 0 Å². The fourth-order valence-corrected chi connectivity index (χ4v) is 0.851. The van der Waals surface area contributed by atoms with Crippen LogP contribution in [-0.2, 0) is 25.6 Å². The number of carbonyl (C=O) groups is 4. The first kappa shape index (κ1) is 37.4. The molecular formula is C18H34N2O10. The summed E-state index contributed by atoms with van der Waals surface area (Å²) in [7, 11) is 0. The molecule has 0 heterocycles. The lowest BCUT2D eigenvalue weighted by Gasteiger charge is -1.99. The third-order valence-corrected chi connectivity index (χ3v) is 1.62. The fourth-order valence-electron chi connectivity index (χ4n) is 0.851. The molecule has 0 aromatic heterocycles. The van der Waals surface area contributed by atoms with E-state index in [9.17, 15) is 0 Å². The number of phenols is 2. The van der Waals surface area contributed by atoms with Crippen molar-refractivity contribution in [2.24, 2.45) is 11.5 Å². The third kappa shape index (κ3) is 86.2. The number of rotatable bonds is 2. The molecule has 0 saturated carbocycles. The lowest BCUT2D eigenvalue weighted by atomic mass is 10.1. The molecule has 0 radical (unpaired) electrons. The van der Waals surface area contributed by atoms with Crippen molar-refractivity contribution < 1.29 is 49.8 Å². The Kier molecular flexibility index (Phi) is 34.7. The predicted molar refractivity (Wildman–Crippen MR) is 110 cm³/mol. The summed E-state index contributed by atoms with van der Waals surface area (Å²) in [4.78, 5) is 36.0. The van der Waals surface area contributed by atoms with Gasteiger partial charge in [0, 0.05) is 46.9 Å². The molecule has 1 aromatic carbocycles. The Morgan fingerprint density at radius 1 is 0.733 bits per heavy atom. The largest absolute Gasteiger partial charge is 0.508 e. The Morgan fingerprint density at radius 3 is 1.17 bits per heavy atom. The monoisotopic (exact) mass is 438 g/mol. The zero-order valence-electron chi connectivity index (χ0n) is 17.8. The van der Waals surface area contributed by atoms with Gasteiger partial charge in [-0.3, -0.25) is 19.2 Å². The Labute approximate surface area is 175 Å². The van der Waals surface area contributed by atoms with Crippen molar-refractivity contribution in [3.05, 3.63) is 23.8 Å². The molecule has 0 unspecified atom stereocenters. The molecule has 0 spiro atoms. The van der Waals surface area contributed by atoms with Gasteiger partial charge in [-0.15, -0.1) is 0 Å². The van der Waals surface area contributed by atoms with Gasteiger partial charge in [-0.1, -0.05) is 13.0 Å². The van der Waals surface area contributed by atoms with Crippen molar-refractivity contribution >= 4 is 23.9 Å². The highest BCUT2D eigenvalue weighted by Gasteiger charge is 1.97. The molecule has 0 aliphatic carbocycles. The number of nitrogens with two attached hydrogens (primary N) is 2. The summed E-state index contributed by atoms with van der Waals surface area (Å²) < 4.78 is 0. The topological polar surface area (TPSA) is 242 Å². The second kappa shape index (κ2) is 27.8. The van der Waals surface area contributed by atoms with Crippen molar-refractivity contribution in [1.82, 2.24) is 0 Å². The maximum Gasteiger partial charge on any atom is 0.300 e. The molecule has 0 aliphatic rings. The lowest BCUT2D eigenvalue weighted by Crippen LogP contribution is -2.11. The Balaban J connectivity index is -0.0000000897. The second-order valence-electron chi connectivity index (χ2n) is 4.82. The number of phenolic OH excluding ortho intramolecular Hbond substituents is 2. The molecular weight excluding hydrogens is 404 g/mol. The van der Waals surface area contributed by atoms with Gasteiger partial charge in [0.2, 0.25) is 0 Å². The summed E-state index contributed by atoms with van der Waals surface area (Å²) in [6.45, 7) is 7.48. The van der Waals surface area contributed by atoms with Crippen molar-refractivity contribution in [3.8, 4) is 11.5 Å². The van der Waals surface area contributed by atoms with E-state index in [1.807, 2.05) is 6.92 Å². The average molecular weight is 438 g/mol. The quantitative estimate of drug-likeness (QED) is 0.321. The van der Waals surface area contributed by atoms with E-state index in [1.54, 1.807) is 12.1 Å². The number of carboxylic acids is 4. The highest BCUT2D eigenvalue weighted by atomic mass is 16.4. The van der Waals surface area contributed by atoms with Gasteiger partial charge in [0.05, 0.1) is 0 Å². The molecule has 12 nitrogen and oxygen atoms in total. The standard InChI is InChI=1S/C8H10O2.C2H8N2.4C2H4O2/c1-2-6-3-4-7(9)5-8(6)10;3-1-2-4;4*1-2(3)4/h3-5,9-10H,2H2,1H3;1-4H2;4*1H3,(H,3,4). The number of benzene rings is 1. The minimum absolute atomic E-state index is 0.106. The highest BCUT2D eigenvalue weighted by Crippen LogP contribution is 2.22. The van der Waals surface area contributed by atoms with Gasteiger partial charge in [-0.2, -0.15) is 0 Å². The van der Waals surface area contributed by atoms with Crippen LogP contribution in [0.2, 0.25) is 0 Å². The van der Waals surface area contributed by atoms with Crippen LogP contribution in [0.3, 0.4) is 0 Å². The second-order valence-corrected chi connectivity index (χ2v) is 4.82. The first-order valence-electron chi connectivity index (χ1n) is 8.27. The molecule has 0 aliphatic heterocycles. The molecule has 0 saturated heterocycles.